The zero-order valence-corrected chi connectivity index (χ0v) is 11.6. The molecule has 0 aromatic heterocycles. The lowest BCUT2D eigenvalue weighted by atomic mass is 10.2. The fourth-order valence-corrected chi connectivity index (χ4v) is 5.76. The molecule has 0 aromatic carbocycles. The summed E-state index contributed by atoms with van der Waals surface area (Å²) < 4.78 is 0. The molecule has 0 aromatic rings. The Balaban J connectivity index is 4.58. The summed E-state index contributed by atoms with van der Waals surface area (Å²) in [7, 11) is 0.118. The molecule has 0 aliphatic carbocycles. The molecule has 0 aliphatic heterocycles. The van der Waals surface area contributed by atoms with Crippen LogP contribution in [0.3, 0.4) is 0 Å². The van der Waals surface area contributed by atoms with Crippen molar-refractivity contribution in [3.8, 4) is 0 Å². The van der Waals surface area contributed by atoms with Gasteiger partial charge in [-0.05, 0) is 22.4 Å². The molecule has 80 valence electrons. The first-order valence-electron chi connectivity index (χ1n) is 5.33. The number of hydrogen-bond donors (Lipinski definition) is 0. The van der Waals surface area contributed by atoms with E-state index in [2.05, 4.69) is 55.4 Å². The van der Waals surface area contributed by atoms with E-state index in [-0.39, 0.29) is 7.92 Å². The van der Waals surface area contributed by atoms with Gasteiger partial charge >= 0.3 is 0 Å². The first-order chi connectivity index (χ1) is 5.55. The molecule has 0 nitrogen and oxygen atoms in total. The summed E-state index contributed by atoms with van der Waals surface area (Å²) in [5.41, 5.74) is 0. The van der Waals surface area contributed by atoms with Crippen LogP contribution in [0.15, 0.2) is 0 Å². The minimum absolute atomic E-state index is 0.118. The van der Waals surface area contributed by atoms with E-state index in [1.54, 1.807) is 0 Å². The Morgan fingerprint density at radius 3 is 1.23 bits per heavy atom. The Bertz CT molecular complexity index is 131. The molecule has 0 unspecified atom stereocenters. The van der Waals surface area contributed by atoms with Crippen molar-refractivity contribution < 1.29 is 0 Å². The Labute approximate surface area is 86.3 Å². The van der Waals surface area contributed by atoms with Gasteiger partial charge in [-0.15, -0.1) is 0 Å². The van der Waals surface area contributed by atoms with Gasteiger partial charge in [0.2, 0.25) is 0 Å². The predicted molar refractivity (Wildman–Crippen MR) is 66.1 cm³/mol. The van der Waals surface area contributed by atoms with E-state index < -0.39 is 0 Å². The molecular weight excluding hydrogens is 175 g/mol. The molecule has 0 atom stereocenters. The molecule has 0 heterocycles. The van der Waals surface area contributed by atoms with Crippen LogP contribution in [0, 0.1) is 5.92 Å². The van der Waals surface area contributed by atoms with E-state index in [1.807, 2.05) is 0 Å². The van der Waals surface area contributed by atoms with Crippen molar-refractivity contribution in [1.82, 2.24) is 0 Å². The molecule has 0 fully saturated rings. The second-order valence-electron chi connectivity index (χ2n) is 6.35. The van der Waals surface area contributed by atoms with Crippen LogP contribution in [0.5, 0.6) is 0 Å². The SMILES string of the molecule is CC(C)CP(C(C)(C)C)C(C)(C)C. The van der Waals surface area contributed by atoms with Crippen LogP contribution in [-0.2, 0) is 0 Å². The number of rotatable bonds is 2. The fourth-order valence-electron chi connectivity index (χ4n) is 1.92. The monoisotopic (exact) mass is 202 g/mol. The second kappa shape index (κ2) is 4.30. The highest BCUT2D eigenvalue weighted by Gasteiger charge is 2.34. The van der Waals surface area contributed by atoms with Gasteiger partial charge in [-0.2, -0.15) is 0 Å². The average Bonchev–Trinajstić information content (AvgIpc) is 1.77. The van der Waals surface area contributed by atoms with Gasteiger partial charge < -0.3 is 0 Å². The predicted octanol–water partition coefficient (Wildman–Crippen LogP) is 4.72. The lowest BCUT2D eigenvalue weighted by molar-refractivity contribution is 0.667. The maximum Gasteiger partial charge on any atom is -0.0175 e. The molecular formula is C12H27P. The third kappa shape index (κ3) is 5.01. The maximum atomic E-state index is 2.40. The van der Waals surface area contributed by atoms with Crippen LogP contribution in [0.1, 0.15) is 55.4 Å². The Morgan fingerprint density at radius 1 is 0.846 bits per heavy atom. The van der Waals surface area contributed by atoms with Crippen LogP contribution in [0.25, 0.3) is 0 Å². The second-order valence-corrected chi connectivity index (χ2v) is 10.3. The summed E-state index contributed by atoms with van der Waals surface area (Å²) in [6, 6.07) is 0. The lowest BCUT2D eigenvalue weighted by Crippen LogP contribution is -2.27. The molecule has 0 aliphatic rings. The van der Waals surface area contributed by atoms with E-state index in [1.165, 1.54) is 6.16 Å². The topological polar surface area (TPSA) is 0 Å². The van der Waals surface area contributed by atoms with E-state index in [9.17, 15) is 0 Å². The van der Waals surface area contributed by atoms with Crippen molar-refractivity contribution in [2.24, 2.45) is 5.92 Å². The zero-order chi connectivity index (χ0) is 10.9. The fraction of sp³-hybridized carbons (Fsp3) is 1.00. The smallest absolute Gasteiger partial charge is 0.0175 e. The molecule has 0 saturated carbocycles. The molecule has 13 heavy (non-hydrogen) atoms. The van der Waals surface area contributed by atoms with Crippen LogP contribution in [0.4, 0.5) is 0 Å². The largest absolute Gasteiger partial charge is 0.0954 e. The summed E-state index contributed by atoms with van der Waals surface area (Å²) >= 11 is 0. The van der Waals surface area contributed by atoms with Crippen LogP contribution in [0.2, 0.25) is 0 Å². The molecule has 0 spiro atoms. The van der Waals surface area contributed by atoms with Crippen LogP contribution < -0.4 is 0 Å². The van der Waals surface area contributed by atoms with E-state index in [0.29, 0.717) is 10.3 Å². The summed E-state index contributed by atoms with van der Waals surface area (Å²) in [4.78, 5) is 0. The van der Waals surface area contributed by atoms with Gasteiger partial charge in [0, 0.05) is 0 Å². The highest BCUT2D eigenvalue weighted by Crippen LogP contribution is 2.59. The molecule has 0 amide bonds. The van der Waals surface area contributed by atoms with E-state index >= 15 is 0 Å². The lowest BCUT2D eigenvalue weighted by Gasteiger charge is -2.42. The van der Waals surface area contributed by atoms with Gasteiger partial charge in [-0.1, -0.05) is 63.3 Å². The summed E-state index contributed by atoms with van der Waals surface area (Å²) in [6.45, 7) is 19.1. The van der Waals surface area contributed by atoms with Crippen molar-refractivity contribution in [3.63, 3.8) is 0 Å². The Hall–Kier alpha value is 0.430. The van der Waals surface area contributed by atoms with Gasteiger partial charge in [-0.25, -0.2) is 0 Å². The third-order valence-corrected chi connectivity index (χ3v) is 6.50. The minimum Gasteiger partial charge on any atom is -0.0954 e. The summed E-state index contributed by atoms with van der Waals surface area (Å²) in [6.07, 6.45) is 1.41. The molecule has 0 N–H and O–H groups in total. The van der Waals surface area contributed by atoms with E-state index in [4.69, 9.17) is 0 Å². The maximum absolute atomic E-state index is 2.40. The minimum atomic E-state index is 0.118. The highest BCUT2D eigenvalue weighted by molar-refractivity contribution is 7.60. The van der Waals surface area contributed by atoms with Gasteiger partial charge in [0.25, 0.3) is 0 Å². The number of hydrogen-bond acceptors (Lipinski definition) is 0. The molecule has 0 rings (SSSR count). The van der Waals surface area contributed by atoms with Gasteiger partial charge in [0.1, 0.15) is 0 Å². The van der Waals surface area contributed by atoms with Gasteiger partial charge in [0.05, 0.1) is 0 Å². The Morgan fingerprint density at radius 2 is 1.15 bits per heavy atom. The van der Waals surface area contributed by atoms with Gasteiger partial charge in [-0.3, -0.25) is 0 Å². The first-order valence-corrected chi connectivity index (χ1v) is 6.85. The van der Waals surface area contributed by atoms with Crippen LogP contribution in [-0.4, -0.2) is 16.5 Å². The zero-order valence-electron chi connectivity index (χ0n) is 10.7. The molecule has 0 radical (unpaired) electrons. The van der Waals surface area contributed by atoms with Crippen molar-refractivity contribution in [2.75, 3.05) is 6.16 Å². The quantitative estimate of drug-likeness (QED) is 0.568. The van der Waals surface area contributed by atoms with Crippen molar-refractivity contribution in [2.45, 2.75) is 65.7 Å². The molecule has 0 bridgehead atoms. The third-order valence-electron chi connectivity index (χ3n) is 2.17. The standard InChI is InChI=1S/C12H27P/c1-10(2)9-13(11(3,4)5)12(6,7)8/h10H,9H2,1-8H3. The van der Waals surface area contributed by atoms with Crippen molar-refractivity contribution in [3.05, 3.63) is 0 Å². The normalized spacial score (nSPS) is 14.3. The first kappa shape index (κ1) is 13.4. The highest BCUT2D eigenvalue weighted by atomic mass is 31.1. The van der Waals surface area contributed by atoms with Crippen molar-refractivity contribution >= 4 is 7.92 Å². The molecule has 0 saturated heterocycles. The van der Waals surface area contributed by atoms with Crippen LogP contribution >= 0.6 is 7.92 Å². The average molecular weight is 202 g/mol. The van der Waals surface area contributed by atoms with E-state index in [0.717, 1.165) is 5.92 Å². The Kier molecular flexibility index (Phi) is 4.44. The molecule has 1 heteroatoms. The van der Waals surface area contributed by atoms with Gasteiger partial charge in [0.15, 0.2) is 0 Å². The summed E-state index contributed by atoms with van der Waals surface area (Å²) in [5.74, 6) is 0.838. The van der Waals surface area contributed by atoms with Crippen molar-refractivity contribution in [1.29, 1.82) is 0 Å². The summed E-state index contributed by atoms with van der Waals surface area (Å²) in [5, 5.41) is 0.996.